The topological polar surface area (TPSA) is 9.23 Å². The Kier molecular flexibility index (Phi) is 4.06. The van der Waals surface area contributed by atoms with Gasteiger partial charge >= 0.3 is 0 Å². The highest BCUT2D eigenvalue weighted by atomic mass is 35.5. The van der Waals surface area contributed by atoms with E-state index in [1.54, 1.807) is 0 Å². The first-order valence-corrected chi connectivity index (χ1v) is 8.53. The second kappa shape index (κ2) is 5.35. The number of aryl methyl sites for hydroxylation is 1. The van der Waals surface area contributed by atoms with Crippen molar-refractivity contribution in [3.8, 4) is 0 Å². The van der Waals surface area contributed by atoms with Crippen LogP contribution in [0.15, 0.2) is 12.1 Å². The van der Waals surface area contributed by atoms with Gasteiger partial charge in [-0.25, -0.2) is 0 Å². The van der Waals surface area contributed by atoms with Crippen LogP contribution in [0.4, 0.5) is 0 Å². The molecule has 1 aromatic rings. The predicted octanol–water partition coefficient (Wildman–Crippen LogP) is 3.57. The van der Waals surface area contributed by atoms with Crippen LogP contribution in [0.1, 0.15) is 29.5 Å². The van der Waals surface area contributed by atoms with Crippen molar-refractivity contribution >= 4 is 20.6 Å². The van der Waals surface area contributed by atoms with E-state index in [4.69, 9.17) is 16.0 Å². The minimum Gasteiger partial charge on any atom is -0.420 e. The van der Waals surface area contributed by atoms with E-state index in [1.165, 1.54) is 35.6 Å². The molecule has 1 unspecified atom stereocenters. The van der Waals surface area contributed by atoms with Crippen LogP contribution in [-0.2, 0) is 10.5 Å². The Hall–Kier alpha value is -0.313. The Morgan fingerprint density at radius 2 is 2.12 bits per heavy atom. The zero-order chi connectivity index (χ0) is 11.5. The van der Waals surface area contributed by atoms with Crippen molar-refractivity contribution in [1.82, 2.24) is 0 Å². The number of hydrogen-bond acceptors (Lipinski definition) is 1. The lowest BCUT2D eigenvalue weighted by atomic mass is 10.1. The van der Waals surface area contributed by atoms with Crippen LogP contribution in [-0.4, -0.2) is 15.6 Å². The molecule has 16 heavy (non-hydrogen) atoms. The van der Waals surface area contributed by atoms with Gasteiger partial charge in [0.2, 0.25) is 0 Å². The molecule has 88 valence electrons. The molecule has 0 aliphatic carbocycles. The van der Waals surface area contributed by atoms with Crippen LogP contribution in [0, 0.1) is 13.8 Å². The summed E-state index contributed by atoms with van der Waals surface area (Å²) in [4.78, 5) is 0. The van der Waals surface area contributed by atoms with E-state index in [0.717, 1.165) is 17.7 Å². The first kappa shape index (κ1) is 12.2. The maximum Gasteiger partial charge on any atom is 0.181 e. The Labute approximate surface area is 104 Å². The summed E-state index contributed by atoms with van der Waals surface area (Å²) in [7, 11) is -1.00. The van der Waals surface area contributed by atoms with E-state index in [9.17, 15) is 0 Å². The monoisotopic (exact) mass is 254 g/mol. The van der Waals surface area contributed by atoms with Crippen LogP contribution in [0.2, 0.25) is 11.1 Å². The maximum atomic E-state index is 6.38. The lowest BCUT2D eigenvalue weighted by molar-refractivity contribution is 0.286. The van der Waals surface area contributed by atoms with Crippen molar-refractivity contribution in [2.75, 3.05) is 6.61 Å². The Balaban J connectivity index is 2.11. The highest BCUT2D eigenvalue weighted by Gasteiger charge is 2.18. The zero-order valence-corrected chi connectivity index (χ0v) is 12.0. The molecule has 0 spiro atoms. The molecule has 0 aromatic heterocycles. The SMILES string of the molecule is Cc1ccc(C[SiH]2CCCCO2)c(Cl)c1C. The molecule has 1 atom stereocenters. The molecule has 0 N–H and O–H groups in total. The summed E-state index contributed by atoms with van der Waals surface area (Å²) in [6, 6.07) is 6.76. The molecule has 1 aromatic carbocycles. The van der Waals surface area contributed by atoms with Crippen molar-refractivity contribution in [2.24, 2.45) is 0 Å². The maximum absolute atomic E-state index is 6.38. The number of benzene rings is 1. The summed E-state index contributed by atoms with van der Waals surface area (Å²) in [5.74, 6) is 0. The third kappa shape index (κ3) is 2.68. The van der Waals surface area contributed by atoms with Crippen molar-refractivity contribution in [1.29, 1.82) is 0 Å². The number of halogens is 1. The van der Waals surface area contributed by atoms with Gasteiger partial charge in [-0.05, 0) is 49.0 Å². The van der Waals surface area contributed by atoms with Crippen LogP contribution < -0.4 is 0 Å². The van der Waals surface area contributed by atoms with Crippen molar-refractivity contribution in [2.45, 2.75) is 38.8 Å². The van der Waals surface area contributed by atoms with Gasteiger partial charge in [0.15, 0.2) is 9.04 Å². The fraction of sp³-hybridized carbons (Fsp3) is 0.538. The van der Waals surface area contributed by atoms with Gasteiger partial charge in [0.1, 0.15) is 0 Å². The van der Waals surface area contributed by atoms with Crippen molar-refractivity contribution in [3.05, 3.63) is 33.8 Å². The van der Waals surface area contributed by atoms with Gasteiger partial charge in [-0.2, -0.15) is 0 Å². The molecule has 0 saturated carbocycles. The van der Waals surface area contributed by atoms with Crippen molar-refractivity contribution < 1.29 is 4.43 Å². The van der Waals surface area contributed by atoms with Gasteiger partial charge in [-0.15, -0.1) is 0 Å². The lowest BCUT2D eigenvalue weighted by Gasteiger charge is -2.22. The summed E-state index contributed by atoms with van der Waals surface area (Å²) in [6.45, 7) is 5.18. The molecule has 0 amide bonds. The minimum atomic E-state index is -1.00. The summed E-state index contributed by atoms with van der Waals surface area (Å²) in [5, 5.41) is 0.960. The number of rotatable bonds is 2. The third-order valence-corrected chi connectivity index (χ3v) is 6.64. The molecule has 2 rings (SSSR count). The summed E-state index contributed by atoms with van der Waals surface area (Å²) < 4.78 is 5.89. The van der Waals surface area contributed by atoms with Crippen molar-refractivity contribution in [3.63, 3.8) is 0 Å². The predicted molar refractivity (Wildman–Crippen MR) is 71.8 cm³/mol. The van der Waals surface area contributed by atoms with E-state index in [1.807, 2.05) is 0 Å². The van der Waals surface area contributed by atoms with Gasteiger partial charge in [0.25, 0.3) is 0 Å². The quantitative estimate of drug-likeness (QED) is 0.734. The molecule has 1 aliphatic rings. The second-order valence-corrected chi connectivity index (χ2v) is 7.61. The smallest absolute Gasteiger partial charge is 0.181 e. The zero-order valence-electron chi connectivity index (χ0n) is 10.1. The summed E-state index contributed by atoms with van der Waals surface area (Å²) >= 11 is 6.38. The lowest BCUT2D eigenvalue weighted by Crippen LogP contribution is -2.26. The first-order chi connectivity index (χ1) is 7.68. The molecular weight excluding hydrogens is 236 g/mol. The first-order valence-electron chi connectivity index (χ1n) is 6.04. The van der Waals surface area contributed by atoms with Gasteiger partial charge in [0.05, 0.1) is 0 Å². The van der Waals surface area contributed by atoms with E-state index in [2.05, 4.69) is 26.0 Å². The summed E-state index contributed by atoms with van der Waals surface area (Å²) in [5.41, 5.74) is 3.80. The molecule has 1 aliphatic heterocycles. The van der Waals surface area contributed by atoms with E-state index < -0.39 is 9.04 Å². The highest BCUT2D eigenvalue weighted by Crippen LogP contribution is 2.26. The Morgan fingerprint density at radius 1 is 1.31 bits per heavy atom. The fourth-order valence-electron chi connectivity index (χ4n) is 2.21. The average Bonchev–Trinajstić information content (AvgIpc) is 2.31. The Morgan fingerprint density at radius 3 is 2.81 bits per heavy atom. The molecule has 1 heterocycles. The van der Waals surface area contributed by atoms with Gasteiger partial charge in [0, 0.05) is 11.6 Å². The molecular formula is C13H19ClOSi. The van der Waals surface area contributed by atoms with Crippen LogP contribution in [0.5, 0.6) is 0 Å². The van der Waals surface area contributed by atoms with Crippen LogP contribution in [0.3, 0.4) is 0 Å². The van der Waals surface area contributed by atoms with Crippen LogP contribution in [0.25, 0.3) is 0 Å². The molecule has 3 heteroatoms. The largest absolute Gasteiger partial charge is 0.420 e. The number of hydrogen-bond donors (Lipinski definition) is 0. The molecule has 0 bridgehead atoms. The second-order valence-electron chi connectivity index (χ2n) is 4.67. The standard InChI is InChI=1S/C13H19ClOSi/c1-10-5-6-12(13(14)11(10)2)9-16-8-4-3-7-15-16/h5-6,16H,3-4,7-9H2,1-2H3. The van der Waals surface area contributed by atoms with Gasteiger partial charge in [-0.1, -0.05) is 30.2 Å². The van der Waals surface area contributed by atoms with E-state index in [-0.39, 0.29) is 0 Å². The van der Waals surface area contributed by atoms with Gasteiger partial charge < -0.3 is 4.43 Å². The summed E-state index contributed by atoms with van der Waals surface area (Å²) in [6.07, 6.45) is 2.59. The molecule has 1 fully saturated rings. The molecule has 0 radical (unpaired) electrons. The minimum absolute atomic E-state index is 0.960. The highest BCUT2D eigenvalue weighted by molar-refractivity contribution is 6.51. The molecule has 1 nitrogen and oxygen atoms in total. The fourth-order valence-corrected chi connectivity index (χ4v) is 5.19. The van der Waals surface area contributed by atoms with Gasteiger partial charge in [-0.3, -0.25) is 0 Å². The normalized spacial score (nSPS) is 21.1. The van der Waals surface area contributed by atoms with E-state index >= 15 is 0 Å². The third-order valence-electron chi connectivity index (χ3n) is 3.46. The molecule has 1 saturated heterocycles. The Bertz CT molecular complexity index is 372. The van der Waals surface area contributed by atoms with E-state index in [0.29, 0.717) is 0 Å². The van der Waals surface area contributed by atoms with Crippen LogP contribution >= 0.6 is 11.6 Å². The average molecular weight is 255 g/mol.